The van der Waals surface area contributed by atoms with E-state index in [1.54, 1.807) is 0 Å². The van der Waals surface area contributed by atoms with Gasteiger partial charge in [-0.15, -0.1) is 0 Å². The largest absolute Gasteiger partial charge is 0.397 e. The first-order chi connectivity index (χ1) is 6.16. The van der Waals surface area contributed by atoms with Crippen LogP contribution < -0.4 is 11.5 Å². The molecule has 0 saturated carbocycles. The first kappa shape index (κ1) is 8.38. The van der Waals surface area contributed by atoms with Gasteiger partial charge in [-0.2, -0.15) is 0 Å². The van der Waals surface area contributed by atoms with E-state index in [0.29, 0.717) is 11.4 Å². The van der Waals surface area contributed by atoms with Gasteiger partial charge in [-0.1, -0.05) is 22.0 Å². The minimum absolute atomic E-state index is 0.630. The maximum Gasteiger partial charge on any atom is 0.0554 e. The molecular weight excluding hydrogens is 228 g/mol. The fourth-order valence-electron chi connectivity index (χ4n) is 1.30. The van der Waals surface area contributed by atoms with Gasteiger partial charge in [-0.05, 0) is 35.0 Å². The Morgan fingerprint density at radius 2 is 1.46 bits per heavy atom. The smallest absolute Gasteiger partial charge is 0.0554 e. The average molecular weight is 237 g/mol. The molecule has 0 aliphatic carbocycles. The zero-order valence-electron chi connectivity index (χ0n) is 6.92. The molecule has 2 rings (SSSR count). The molecule has 4 N–H and O–H groups in total. The van der Waals surface area contributed by atoms with Crippen LogP contribution in [0.3, 0.4) is 0 Å². The normalized spacial score (nSPS) is 10.5. The molecule has 0 bridgehead atoms. The van der Waals surface area contributed by atoms with E-state index >= 15 is 0 Å². The number of halogens is 1. The Labute approximate surface area is 84.7 Å². The number of anilines is 2. The van der Waals surface area contributed by atoms with Crippen LogP contribution in [0.5, 0.6) is 0 Å². The van der Waals surface area contributed by atoms with Crippen molar-refractivity contribution >= 4 is 38.1 Å². The SMILES string of the molecule is Nc1cc2ccc(Br)cc2cc1N. The predicted octanol–water partition coefficient (Wildman–Crippen LogP) is 2.77. The Bertz CT molecular complexity index is 466. The molecule has 0 spiro atoms. The summed E-state index contributed by atoms with van der Waals surface area (Å²) < 4.78 is 1.05. The third-order valence-corrected chi connectivity index (χ3v) is 2.50. The summed E-state index contributed by atoms with van der Waals surface area (Å²) in [6, 6.07) is 9.78. The maximum absolute atomic E-state index is 5.70. The van der Waals surface area contributed by atoms with Crippen LogP contribution >= 0.6 is 15.9 Å². The average Bonchev–Trinajstić information content (AvgIpc) is 2.08. The Morgan fingerprint density at radius 1 is 0.846 bits per heavy atom. The molecule has 0 heterocycles. The number of nitrogens with two attached hydrogens (primary N) is 2. The van der Waals surface area contributed by atoms with E-state index in [1.807, 2.05) is 30.3 Å². The summed E-state index contributed by atoms with van der Waals surface area (Å²) in [5.41, 5.74) is 12.6. The van der Waals surface area contributed by atoms with Crippen LogP contribution in [0.1, 0.15) is 0 Å². The Kier molecular flexibility index (Phi) is 1.88. The van der Waals surface area contributed by atoms with Crippen LogP contribution in [0.4, 0.5) is 11.4 Å². The Morgan fingerprint density at radius 3 is 2.15 bits per heavy atom. The van der Waals surface area contributed by atoms with Gasteiger partial charge < -0.3 is 11.5 Å². The van der Waals surface area contributed by atoms with Crippen molar-refractivity contribution < 1.29 is 0 Å². The highest BCUT2D eigenvalue weighted by Gasteiger charge is 1.98. The molecule has 0 radical (unpaired) electrons. The second-order valence-corrected chi connectivity index (χ2v) is 3.89. The van der Waals surface area contributed by atoms with Gasteiger partial charge in [0.15, 0.2) is 0 Å². The summed E-state index contributed by atoms with van der Waals surface area (Å²) in [6.07, 6.45) is 0. The highest BCUT2D eigenvalue weighted by Crippen LogP contribution is 2.25. The highest BCUT2D eigenvalue weighted by molar-refractivity contribution is 9.10. The van der Waals surface area contributed by atoms with Gasteiger partial charge in [0.25, 0.3) is 0 Å². The molecule has 0 fully saturated rings. The van der Waals surface area contributed by atoms with Gasteiger partial charge in [0.1, 0.15) is 0 Å². The predicted molar refractivity (Wildman–Crippen MR) is 60.5 cm³/mol. The third-order valence-electron chi connectivity index (χ3n) is 2.00. The number of hydrogen-bond donors (Lipinski definition) is 2. The molecule has 0 aliphatic heterocycles. The lowest BCUT2D eigenvalue weighted by Crippen LogP contribution is -1.93. The number of hydrogen-bond acceptors (Lipinski definition) is 2. The summed E-state index contributed by atoms with van der Waals surface area (Å²) in [5.74, 6) is 0. The lowest BCUT2D eigenvalue weighted by atomic mass is 10.1. The number of nitrogen functional groups attached to an aromatic ring is 2. The summed E-state index contributed by atoms with van der Waals surface area (Å²) in [4.78, 5) is 0. The molecule has 0 unspecified atom stereocenters. The van der Waals surface area contributed by atoms with Crippen molar-refractivity contribution in [1.29, 1.82) is 0 Å². The zero-order chi connectivity index (χ0) is 9.42. The van der Waals surface area contributed by atoms with Crippen molar-refractivity contribution in [2.45, 2.75) is 0 Å². The molecule has 2 aromatic rings. The lowest BCUT2D eigenvalue weighted by molar-refractivity contribution is 1.68. The van der Waals surface area contributed by atoms with Crippen LogP contribution in [0.25, 0.3) is 10.8 Å². The van der Waals surface area contributed by atoms with Gasteiger partial charge in [-0.3, -0.25) is 0 Å². The first-order valence-corrected chi connectivity index (χ1v) is 4.70. The van der Waals surface area contributed by atoms with Gasteiger partial charge in [0, 0.05) is 4.47 Å². The van der Waals surface area contributed by atoms with Crippen LogP contribution in [-0.2, 0) is 0 Å². The fraction of sp³-hybridized carbons (Fsp3) is 0. The summed E-state index contributed by atoms with van der Waals surface area (Å²) in [6.45, 7) is 0. The second kappa shape index (κ2) is 2.92. The van der Waals surface area contributed by atoms with E-state index in [4.69, 9.17) is 11.5 Å². The van der Waals surface area contributed by atoms with Gasteiger partial charge in [-0.25, -0.2) is 0 Å². The summed E-state index contributed by atoms with van der Waals surface area (Å²) in [7, 11) is 0. The molecule has 2 nitrogen and oxygen atoms in total. The maximum atomic E-state index is 5.70. The van der Waals surface area contributed by atoms with E-state index in [9.17, 15) is 0 Å². The summed E-state index contributed by atoms with van der Waals surface area (Å²) >= 11 is 3.40. The van der Waals surface area contributed by atoms with E-state index in [-0.39, 0.29) is 0 Å². The van der Waals surface area contributed by atoms with E-state index in [1.165, 1.54) is 0 Å². The van der Waals surface area contributed by atoms with Gasteiger partial charge in [0.05, 0.1) is 11.4 Å². The molecule has 0 aromatic heterocycles. The minimum Gasteiger partial charge on any atom is -0.397 e. The molecule has 2 aromatic carbocycles. The molecule has 0 saturated heterocycles. The molecule has 0 atom stereocenters. The standard InChI is InChI=1S/C10H9BrN2/c11-8-2-1-6-4-9(12)10(13)5-7(6)3-8/h1-5H,12-13H2. The van der Waals surface area contributed by atoms with Crippen molar-refractivity contribution in [2.75, 3.05) is 11.5 Å². The third kappa shape index (κ3) is 1.47. The van der Waals surface area contributed by atoms with Crippen LogP contribution in [0.2, 0.25) is 0 Å². The summed E-state index contributed by atoms with van der Waals surface area (Å²) in [5, 5.41) is 2.20. The van der Waals surface area contributed by atoms with Crippen molar-refractivity contribution in [3.63, 3.8) is 0 Å². The van der Waals surface area contributed by atoms with E-state index in [0.717, 1.165) is 15.2 Å². The number of fused-ring (bicyclic) bond motifs is 1. The van der Waals surface area contributed by atoms with Crippen molar-refractivity contribution in [3.8, 4) is 0 Å². The molecule has 13 heavy (non-hydrogen) atoms. The number of rotatable bonds is 0. The zero-order valence-corrected chi connectivity index (χ0v) is 8.51. The van der Waals surface area contributed by atoms with Crippen LogP contribution in [0.15, 0.2) is 34.8 Å². The topological polar surface area (TPSA) is 52.0 Å². The molecular formula is C10H9BrN2. The van der Waals surface area contributed by atoms with Crippen LogP contribution in [-0.4, -0.2) is 0 Å². The number of benzene rings is 2. The van der Waals surface area contributed by atoms with Crippen molar-refractivity contribution in [1.82, 2.24) is 0 Å². The Hall–Kier alpha value is -1.22. The molecule has 3 heteroatoms. The lowest BCUT2D eigenvalue weighted by Gasteiger charge is -2.03. The van der Waals surface area contributed by atoms with Gasteiger partial charge in [0.2, 0.25) is 0 Å². The van der Waals surface area contributed by atoms with Crippen molar-refractivity contribution in [2.24, 2.45) is 0 Å². The second-order valence-electron chi connectivity index (χ2n) is 2.97. The molecule has 66 valence electrons. The minimum atomic E-state index is 0.630. The quantitative estimate of drug-likeness (QED) is 0.692. The first-order valence-electron chi connectivity index (χ1n) is 3.91. The van der Waals surface area contributed by atoms with Crippen molar-refractivity contribution in [3.05, 3.63) is 34.8 Å². The van der Waals surface area contributed by atoms with E-state index in [2.05, 4.69) is 15.9 Å². The fourth-order valence-corrected chi connectivity index (χ4v) is 1.68. The molecule has 0 amide bonds. The Balaban J connectivity index is 2.81. The van der Waals surface area contributed by atoms with Gasteiger partial charge >= 0.3 is 0 Å². The van der Waals surface area contributed by atoms with E-state index < -0.39 is 0 Å². The highest BCUT2D eigenvalue weighted by atomic mass is 79.9. The monoisotopic (exact) mass is 236 g/mol. The van der Waals surface area contributed by atoms with Crippen LogP contribution in [0, 0.1) is 0 Å². The molecule has 0 aliphatic rings.